The first kappa shape index (κ1) is 16.1. The molecule has 1 aromatic rings. The molecular formula is C11H18N2O4S2. The minimum atomic E-state index is -3.50. The van der Waals surface area contributed by atoms with Gasteiger partial charge >= 0.3 is 0 Å². The first-order chi connectivity index (χ1) is 8.92. The molecule has 1 unspecified atom stereocenters. The van der Waals surface area contributed by atoms with Crippen molar-refractivity contribution >= 4 is 27.3 Å². The number of carbonyl (C=O) groups is 1. The average molecular weight is 306 g/mol. The van der Waals surface area contributed by atoms with Crippen molar-refractivity contribution in [3.05, 3.63) is 17.5 Å². The molecule has 0 aliphatic carbocycles. The van der Waals surface area contributed by atoms with Crippen molar-refractivity contribution in [3.63, 3.8) is 0 Å². The van der Waals surface area contributed by atoms with Crippen molar-refractivity contribution in [1.29, 1.82) is 0 Å². The zero-order chi connectivity index (χ0) is 14.3. The zero-order valence-electron chi connectivity index (χ0n) is 10.6. The van der Waals surface area contributed by atoms with Crippen LogP contribution in [0.25, 0.3) is 0 Å². The number of hydrogen-bond acceptors (Lipinski definition) is 5. The van der Waals surface area contributed by atoms with Gasteiger partial charge in [-0.1, -0.05) is 6.07 Å². The van der Waals surface area contributed by atoms with Crippen molar-refractivity contribution in [2.45, 2.75) is 30.1 Å². The third-order valence-corrected chi connectivity index (χ3v) is 5.15. The van der Waals surface area contributed by atoms with Crippen LogP contribution in [-0.2, 0) is 14.8 Å². The Hall–Kier alpha value is -0.960. The number of sulfonamides is 1. The van der Waals surface area contributed by atoms with E-state index in [0.717, 1.165) is 11.3 Å². The molecular weight excluding hydrogens is 288 g/mol. The molecule has 0 fully saturated rings. The Labute approximate surface area is 116 Å². The van der Waals surface area contributed by atoms with E-state index in [4.69, 9.17) is 5.11 Å². The first-order valence-electron chi connectivity index (χ1n) is 5.90. The number of thiophene rings is 1. The van der Waals surface area contributed by atoms with Crippen LogP contribution >= 0.6 is 11.3 Å². The van der Waals surface area contributed by atoms with Gasteiger partial charge < -0.3 is 10.4 Å². The highest BCUT2D eigenvalue weighted by Gasteiger charge is 2.14. The fraction of sp³-hybridized carbons (Fsp3) is 0.545. The van der Waals surface area contributed by atoms with Crippen LogP contribution in [0.1, 0.15) is 19.8 Å². The molecule has 108 valence electrons. The van der Waals surface area contributed by atoms with E-state index in [9.17, 15) is 13.2 Å². The summed E-state index contributed by atoms with van der Waals surface area (Å²) < 4.78 is 26.0. The largest absolute Gasteiger partial charge is 0.393 e. The molecule has 1 aromatic heterocycles. The van der Waals surface area contributed by atoms with Crippen molar-refractivity contribution in [1.82, 2.24) is 10.0 Å². The summed E-state index contributed by atoms with van der Waals surface area (Å²) in [6, 6.07) is 3.16. The van der Waals surface area contributed by atoms with Gasteiger partial charge in [-0.25, -0.2) is 13.1 Å². The van der Waals surface area contributed by atoms with Crippen LogP contribution in [0.5, 0.6) is 0 Å². The second-order valence-corrected chi connectivity index (χ2v) is 7.01. The topological polar surface area (TPSA) is 95.5 Å². The molecule has 1 heterocycles. The van der Waals surface area contributed by atoms with Crippen molar-refractivity contribution < 1.29 is 18.3 Å². The van der Waals surface area contributed by atoms with Gasteiger partial charge in [-0.05, 0) is 24.8 Å². The number of amides is 1. The van der Waals surface area contributed by atoms with Gasteiger partial charge in [-0.15, -0.1) is 11.3 Å². The standard InChI is InChI=1S/C11H18N2O4S2/c1-9(14)4-6-12-10(15)5-7-13-19(16,17)11-3-2-8-18-11/h2-3,8-9,13-14H,4-7H2,1H3,(H,12,15). The fourth-order valence-corrected chi connectivity index (χ4v) is 3.36. The van der Waals surface area contributed by atoms with Gasteiger partial charge in [0.05, 0.1) is 6.10 Å². The highest BCUT2D eigenvalue weighted by atomic mass is 32.2. The maximum absolute atomic E-state index is 11.7. The minimum absolute atomic E-state index is 0.0563. The van der Waals surface area contributed by atoms with E-state index in [1.54, 1.807) is 18.4 Å². The summed E-state index contributed by atoms with van der Waals surface area (Å²) in [4.78, 5) is 11.4. The van der Waals surface area contributed by atoms with E-state index in [2.05, 4.69) is 10.0 Å². The normalized spacial score (nSPS) is 13.2. The zero-order valence-corrected chi connectivity index (χ0v) is 12.3. The van der Waals surface area contributed by atoms with Gasteiger partial charge in [-0.2, -0.15) is 0 Å². The molecule has 1 atom stereocenters. The van der Waals surface area contributed by atoms with Gasteiger partial charge in [0, 0.05) is 19.5 Å². The van der Waals surface area contributed by atoms with Crippen LogP contribution in [0.2, 0.25) is 0 Å². The summed E-state index contributed by atoms with van der Waals surface area (Å²) in [5.41, 5.74) is 0. The van der Waals surface area contributed by atoms with E-state index >= 15 is 0 Å². The van der Waals surface area contributed by atoms with Crippen LogP contribution in [0.3, 0.4) is 0 Å². The summed E-state index contributed by atoms with van der Waals surface area (Å²) in [6.07, 6.45) is 0.0921. The molecule has 0 saturated carbocycles. The lowest BCUT2D eigenvalue weighted by molar-refractivity contribution is -0.120. The monoisotopic (exact) mass is 306 g/mol. The molecule has 0 spiro atoms. The number of aliphatic hydroxyl groups excluding tert-OH is 1. The second-order valence-electron chi connectivity index (χ2n) is 4.07. The molecule has 3 N–H and O–H groups in total. The highest BCUT2D eigenvalue weighted by Crippen LogP contribution is 2.14. The molecule has 0 radical (unpaired) electrons. The lowest BCUT2D eigenvalue weighted by Crippen LogP contribution is -2.31. The van der Waals surface area contributed by atoms with E-state index in [1.165, 1.54) is 6.07 Å². The van der Waals surface area contributed by atoms with Crippen LogP contribution in [-0.4, -0.2) is 38.6 Å². The van der Waals surface area contributed by atoms with Crippen LogP contribution in [0, 0.1) is 0 Å². The molecule has 0 aliphatic rings. The number of carbonyl (C=O) groups excluding carboxylic acids is 1. The van der Waals surface area contributed by atoms with Gasteiger partial charge in [0.2, 0.25) is 15.9 Å². The predicted octanol–water partition coefficient (Wildman–Crippen LogP) is 0.304. The number of hydrogen-bond donors (Lipinski definition) is 3. The number of aliphatic hydroxyl groups is 1. The fourth-order valence-electron chi connectivity index (χ4n) is 1.30. The van der Waals surface area contributed by atoms with Crippen molar-refractivity contribution in [2.24, 2.45) is 0 Å². The Morgan fingerprint density at radius 3 is 2.79 bits per heavy atom. The Balaban J connectivity index is 2.25. The van der Waals surface area contributed by atoms with E-state index in [-0.39, 0.29) is 23.1 Å². The van der Waals surface area contributed by atoms with Crippen LogP contribution in [0.15, 0.2) is 21.7 Å². The maximum Gasteiger partial charge on any atom is 0.250 e. The molecule has 6 nitrogen and oxygen atoms in total. The predicted molar refractivity (Wildman–Crippen MR) is 73.4 cm³/mol. The van der Waals surface area contributed by atoms with E-state index in [0.29, 0.717) is 13.0 Å². The highest BCUT2D eigenvalue weighted by molar-refractivity contribution is 7.91. The maximum atomic E-state index is 11.7. The number of rotatable bonds is 8. The molecule has 0 bridgehead atoms. The quantitative estimate of drug-likeness (QED) is 0.644. The lowest BCUT2D eigenvalue weighted by atomic mass is 10.3. The van der Waals surface area contributed by atoms with Gasteiger partial charge in [-0.3, -0.25) is 4.79 Å². The van der Waals surface area contributed by atoms with Crippen molar-refractivity contribution in [3.8, 4) is 0 Å². The second kappa shape index (κ2) is 7.59. The smallest absolute Gasteiger partial charge is 0.250 e. The molecule has 1 rings (SSSR count). The van der Waals surface area contributed by atoms with Crippen LogP contribution < -0.4 is 10.0 Å². The Morgan fingerprint density at radius 2 is 2.21 bits per heavy atom. The molecule has 1 amide bonds. The SMILES string of the molecule is CC(O)CCNC(=O)CCNS(=O)(=O)c1cccs1. The Morgan fingerprint density at radius 1 is 1.47 bits per heavy atom. The van der Waals surface area contributed by atoms with E-state index in [1.807, 2.05) is 0 Å². The van der Waals surface area contributed by atoms with E-state index < -0.39 is 16.1 Å². The molecule has 8 heteroatoms. The summed E-state index contributed by atoms with van der Waals surface area (Å²) in [6.45, 7) is 2.08. The first-order valence-corrected chi connectivity index (χ1v) is 8.26. The molecule has 0 aromatic carbocycles. The van der Waals surface area contributed by atoms with Gasteiger partial charge in [0.1, 0.15) is 4.21 Å². The summed E-state index contributed by atoms with van der Waals surface area (Å²) in [5, 5.41) is 13.3. The van der Waals surface area contributed by atoms with Crippen molar-refractivity contribution in [2.75, 3.05) is 13.1 Å². The van der Waals surface area contributed by atoms with Gasteiger partial charge in [0.25, 0.3) is 0 Å². The van der Waals surface area contributed by atoms with Crippen LogP contribution in [0.4, 0.5) is 0 Å². The Kier molecular flexibility index (Phi) is 6.43. The summed E-state index contributed by atoms with van der Waals surface area (Å²) in [7, 11) is -3.50. The third kappa shape index (κ3) is 6.15. The Bertz CT molecular complexity index is 483. The molecule has 0 saturated heterocycles. The summed E-state index contributed by atoms with van der Waals surface area (Å²) >= 11 is 1.13. The summed E-state index contributed by atoms with van der Waals surface area (Å²) in [5.74, 6) is -0.241. The van der Waals surface area contributed by atoms with Gasteiger partial charge in [0.15, 0.2) is 0 Å². The lowest BCUT2D eigenvalue weighted by Gasteiger charge is -2.07. The number of nitrogens with one attached hydrogen (secondary N) is 2. The third-order valence-electron chi connectivity index (χ3n) is 2.29. The minimum Gasteiger partial charge on any atom is -0.393 e. The average Bonchev–Trinajstić information content (AvgIpc) is 2.82. The molecule has 0 aliphatic heterocycles. The molecule has 19 heavy (non-hydrogen) atoms.